The molecule has 0 saturated carbocycles. The van der Waals surface area contributed by atoms with Crippen molar-refractivity contribution in [1.29, 1.82) is 0 Å². The van der Waals surface area contributed by atoms with Gasteiger partial charge in [-0.2, -0.15) is 0 Å². The maximum absolute atomic E-state index is 15.1. The van der Waals surface area contributed by atoms with Crippen molar-refractivity contribution in [3.8, 4) is 0 Å². The minimum atomic E-state index is -0.473. The molecule has 0 radical (unpaired) electrons. The number of anilines is 1. The molecule has 1 aromatic heterocycles. The Bertz CT molecular complexity index is 1190. The molecule has 1 amide bonds. The van der Waals surface area contributed by atoms with Gasteiger partial charge in [0.25, 0.3) is 0 Å². The van der Waals surface area contributed by atoms with Crippen LogP contribution in [0, 0.1) is 5.82 Å². The van der Waals surface area contributed by atoms with Crippen LogP contribution in [0.4, 0.5) is 20.6 Å². The maximum atomic E-state index is 15.1. The molecule has 0 aliphatic carbocycles. The van der Waals surface area contributed by atoms with Crippen molar-refractivity contribution < 1.29 is 13.9 Å². The molecule has 3 aliphatic heterocycles. The molecule has 9 heteroatoms. The number of cyclic esters (lactones) is 1. The molecule has 1 spiro atoms. The lowest BCUT2D eigenvalue weighted by Gasteiger charge is -2.45. The Kier molecular flexibility index (Phi) is 5.15. The van der Waals surface area contributed by atoms with E-state index in [0.717, 1.165) is 35.8 Å². The summed E-state index contributed by atoms with van der Waals surface area (Å²) >= 11 is 10.7. The summed E-state index contributed by atoms with van der Waals surface area (Å²) in [6.07, 6.45) is 4.08. The summed E-state index contributed by atoms with van der Waals surface area (Å²) in [5, 5.41) is 3.00. The van der Waals surface area contributed by atoms with Crippen molar-refractivity contribution in [3.63, 3.8) is 0 Å². The van der Waals surface area contributed by atoms with Crippen LogP contribution in [-0.4, -0.2) is 52.9 Å². The maximum Gasteiger partial charge on any atom is 0.414 e. The normalized spacial score (nSPS) is 24.2. The Morgan fingerprint density at radius 3 is 2.88 bits per heavy atom. The van der Waals surface area contributed by atoms with Gasteiger partial charge in [-0.05, 0) is 49.0 Å². The Morgan fingerprint density at radius 1 is 1.38 bits per heavy atom. The second kappa shape index (κ2) is 7.75. The average Bonchev–Trinajstić information content (AvgIpc) is 3.33. The number of carbonyl (C=O) groups is 1. The van der Waals surface area contributed by atoms with E-state index in [4.69, 9.17) is 29.2 Å². The quantitative estimate of drug-likeness (QED) is 0.541. The molecule has 1 fully saturated rings. The molecule has 0 bridgehead atoms. The van der Waals surface area contributed by atoms with Crippen LogP contribution in [-0.2, 0) is 11.8 Å². The summed E-state index contributed by atoms with van der Waals surface area (Å²) in [4.78, 5) is 15.3. The number of aromatic nitrogens is 1. The number of aryl methyl sites for hydroxylation is 1. The van der Waals surface area contributed by atoms with Gasteiger partial charge >= 0.3 is 6.09 Å². The molecule has 1 unspecified atom stereocenters. The first kappa shape index (κ1) is 21.2. The number of fused-ring (bicyclic) bond motifs is 2. The van der Waals surface area contributed by atoms with E-state index in [0.29, 0.717) is 33.8 Å². The predicted octanol–water partition coefficient (Wildman–Crippen LogP) is 3.91. The topological polar surface area (TPSA) is 46.5 Å². The van der Waals surface area contributed by atoms with Gasteiger partial charge in [-0.3, -0.25) is 4.90 Å². The van der Waals surface area contributed by atoms with Crippen molar-refractivity contribution in [3.05, 3.63) is 53.6 Å². The molecule has 1 N–H and O–H groups in total. The summed E-state index contributed by atoms with van der Waals surface area (Å²) in [6, 6.07) is 7.09. The molecular formula is C23H24FN4O2S2+. The lowest BCUT2D eigenvalue weighted by Crippen LogP contribution is -2.63. The number of nitrogens with zero attached hydrogens (tertiary/aromatic N) is 3. The number of hydrogen-bond donors (Lipinski definition) is 1. The van der Waals surface area contributed by atoms with Gasteiger partial charge < -0.3 is 14.6 Å². The lowest BCUT2D eigenvalue weighted by molar-refractivity contribution is 0.143. The van der Waals surface area contributed by atoms with Gasteiger partial charge in [-0.15, -0.1) is 0 Å². The zero-order chi connectivity index (χ0) is 22.6. The highest BCUT2D eigenvalue weighted by molar-refractivity contribution is 7.81. The van der Waals surface area contributed by atoms with Gasteiger partial charge in [-0.1, -0.05) is 12.2 Å². The lowest BCUT2D eigenvalue weighted by atomic mass is 9.93. The van der Waals surface area contributed by atoms with Crippen molar-refractivity contribution in [2.45, 2.75) is 19.4 Å². The third kappa shape index (κ3) is 3.27. The fourth-order valence-electron chi connectivity index (χ4n) is 4.83. The fourth-order valence-corrected chi connectivity index (χ4v) is 5.42. The first-order valence-corrected chi connectivity index (χ1v) is 11.4. The van der Waals surface area contributed by atoms with Gasteiger partial charge in [-0.25, -0.2) is 13.7 Å². The molecule has 166 valence electrons. The van der Waals surface area contributed by atoms with E-state index < -0.39 is 6.09 Å². The van der Waals surface area contributed by atoms with Crippen LogP contribution < -0.4 is 14.7 Å². The minimum absolute atomic E-state index is 0.327. The summed E-state index contributed by atoms with van der Waals surface area (Å²) in [5.74, 6) is -0.335. The van der Waals surface area contributed by atoms with Crippen LogP contribution >= 0.6 is 24.4 Å². The third-order valence-corrected chi connectivity index (χ3v) is 7.27. The monoisotopic (exact) mass is 471 g/mol. The van der Waals surface area contributed by atoms with Crippen LogP contribution in [0.2, 0.25) is 0 Å². The van der Waals surface area contributed by atoms with Gasteiger partial charge in [0.1, 0.15) is 18.5 Å². The van der Waals surface area contributed by atoms with E-state index in [9.17, 15) is 4.79 Å². The molecule has 1 aromatic carbocycles. The van der Waals surface area contributed by atoms with E-state index in [2.05, 4.69) is 22.0 Å². The Labute approximate surface area is 196 Å². The first-order chi connectivity index (χ1) is 15.3. The summed E-state index contributed by atoms with van der Waals surface area (Å²) in [5.41, 5.74) is 4.44. The van der Waals surface area contributed by atoms with E-state index in [1.165, 1.54) is 16.7 Å². The third-order valence-electron chi connectivity index (χ3n) is 6.58. The highest BCUT2D eigenvalue weighted by atomic mass is 32.1. The molecule has 2 aromatic rings. The second-order valence-electron chi connectivity index (χ2n) is 8.54. The van der Waals surface area contributed by atoms with E-state index in [-0.39, 0.29) is 11.9 Å². The summed E-state index contributed by atoms with van der Waals surface area (Å²) in [7, 11) is 2.01. The average molecular weight is 472 g/mol. The number of carbonyl (C=O) groups excluding carboxylic acids is 1. The number of amides is 1. The number of thiocarbonyl (C=S) groups is 2. The number of halogens is 1. The fraction of sp³-hybridized carbons (Fsp3) is 0.348. The van der Waals surface area contributed by atoms with Crippen molar-refractivity contribution in [1.82, 2.24) is 14.4 Å². The number of rotatable bonds is 4. The van der Waals surface area contributed by atoms with Crippen LogP contribution in [0.25, 0.3) is 5.57 Å². The molecule has 5 rings (SSSR count). The number of quaternary nitrogens is 1. The molecule has 1 saturated heterocycles. The number of hydrogen-bond acceptors (Lipinski definition) is 4. The smallest absolute Gasteiger partial charge is 0.414 e. The Morgan fingerprint density at radius 2 is 2.19 bits per heavy atom. The Balaban J connectivity index is 1.32. The molecular weight excluding hydrogens is 447 g/mol. The van der Waals surface area contributed by atoms with Gasteiger partial charge in [0.05, 0.1) is 30.3 Å². The van der Waals surface area contributed by atoms with Gasteiger partial charge in [0.2, 0.25) is 4.99 Å². The number of benzene rings is 1. The highest BCUT2D eigenvalue weighted by Gasteiger charge is 2.52. The van der Waals surface area contributed by atoms with Crippen LogP contribution in [0.1, 0.15) is 24.6 Å². The van der Waals surface area contributed by atoms with Crippen LogP contribution in [0.3, 0.4) is 0 Å². The first-order valence-electron chi connectivity index (χ1n) is 10.6. The summed E-state index contributed by atoms with van der Waals surface area (Å²) in [6.45, 7) is 4.13. The molecule has 2 atom stereocenters. The van der Waals surface area contributed by atoms with E-state index in [1.807, 2.05) is 13.2 Å². The molecule has 3 aliphatic rings. The molecule has 32 heavy (non-hydrogen) atoms. The van der Waals surface area contributed by atoms with E-state index >= 15 is 4.39 Å². The standard InChI is InChI=1S/C23H23FN4O2S2/c1-14(31)25-12-17-13-27(23(29)30-17)16-3-4-18(19(24)11-16)15-6-9-28(10-7-15)20-5-8-26(2)21(20)22(28)32/h3-6,8,11,17H,7,9-10,12-13H2,1-2H3/p+1/t17?,28-/m1/s1. The van der Waals surface area contributed by atoms with Gasteiger partial charge in [0.15, 0.2) is 11.4 Å². The zero-order valence-corrected chi connectivity index (χ0v) is 19.6. The van der Waals surface area contributed by atoms with Crippen molar-refractivity contribution in [2.75, 3.05) is 31.1 Å². The van der Waals surface area contributed by atoms with Crippen LogP contribution in [0.15, 0.2) is 36.5 Å². The number of nitrogens with one attached hydrogen (secondary N) is 1. The minimum Gasteiger partial charge on any atom is -0.442 e. The molecule has 6 nitrogen and oxygen atoms in total. The second-order valence-corrected chi connectivity index (χ2v) is 9.54. The predicted molar refractivity (Wildman–Crippen MR) is 132 cm³/mol. The zero-order valence-electron chi connectivity index (χ0n) is 17.9. The number of ether oxygens (including phenoxy) is 1. The Hall–Kier alpha value is -2.62. The SMILES string of the molecule is CC(=S)NCC1CN(c2ccc(C3=CC[N@+]4(CC3)C(=S)c3c4ccn3C)c(F)c2)C(=O)O1. The van der Waals surface area contributed by atoms with Gasteiger partial charge in [0, 0.05) is 31.3 Å². The van der Waals surface area contributed by atoms with Crippen LogP contribution in [0.5, 0.6) is 0 Å². The van der Waals surface area contributed by atoms with Crippen molar-refractivity contribution >= 4 is 57.5 Å². The van der Waals surface area contributed by atoms with Crippen molar-refractivity contribution in [2.24, 2.45) is 7.05 Å². The molecule has 4 heterocycles. The van der Waals surface area contributed by atoms with E-state index in [1.54, 1.807) is 19.1 Å². The largest absolute Gasteiger partial charge is 0.442 e. The summed E-state index contributed by atoms with van der Waals surface area (Å²) < 4.78 is 23.2. The highest BCUT2D eigenvalue weighted by Crippen LogP contribution is 2.44.